The Morgan fingerprint density at radius 3 is 2.85 bits per heavy atom. The van der Waals surface area contributed by atoms with Gasteiger partial charge in [-0.3, -0.25) is 0 Å². The average molecular weight is 391 g/mol. The summed E-state index contributed by atoms with van der Waals surface area (Å²) in [6.45, 7) is 4.83. The van der Waals surface area contributed by atoms with Gasteiger partial charge in [0, 0.05) is 32.6 Å². The van der Waals surface area contributed by atoms with Crippen LogP contribution in [-0.2, 0) is 23.0 Å². The molecule has 9 heteroatoms. The van der Waals surface area contributed by atoms with E-state index in [-0.39, 0.29) is 6.04 Å². The number of rotatable bonds is 4. The van der Waals surface area contributed by atoms with E-state index in [4.69, 9.17) is 4.74 Å². The van der Waals surface area contributed by atoms with E-state index in [1.54, 1.807) is 29.6 Å². The minimum absolute atomic E-state index is 0.267. The average Bonchev–Trinajstić information content (AvgIpc) is 3.23. The van der Waals surface area contributed by atoms with Gasteiger partial charge in [-0.1, -0.05) is 0 Å². The maximum absolute atomic E-state index is 13.3. The predicted molar refractivity (Wildman–Crippen MR) is 100 cm³/mol. The minimum atomic E-state index is -3.62. The van der Waals surface area contributed by atoms with Crippen LogP contribution in [0.1, 0.15) is 36.1 Å². The van der Waals surface area contributed by atoms with Crippen LogP contribution in [0, 0.1) is 6.92 Å². The lowest BCUT2D eigenvalue weighted by molar-refractivity contribution is 0.371. The maximum Gasteiger partial charge on any atom is 0.243 e. The first kappa shape index (κ1) is 18.4. The van der Waals surface area contributed by atoms with E-state index in [1.807, 2.05) is 6.92 Å². The molecule has 146 valence electrons. The van der Waals surface area contributed by atoms with Crippen LogP contribution in [0.15, 0.2) is 23.1 Å². The molecule has 3 heterocycles. The molecular weight excluding hydrogens is 366 g/mol. The molecule has 1 atom stereocenters. The van der Waals surface area contributed by atoms with E-state index in [9.17, 15) is 8.42 Å². The van der Waals surface area contributed by atoms with Crippen LogP contribution in [0.5, 0.6) is 5.75 Å². The van der Waals surface area contributed by atoms with Gasteiger partial charge in [0.05, 0.1) is 18.0 Å². The molecule has 1 fully saturated rings. The zero-order chi connectivity index (χ0) is 19.0. The van der Waals surface area contributed by atoms with Crippen molar-refractivity contribution < 1.29 is 13.2 Å². The number of aromatic nitrogens is 3. The Bertz CT molecular complexity index is 940. The van der Waals surface area contributed by atoms with Gasteiger partial charge in [-0.15, -0.1) is 10.2 Å². The standard InChI is InChI=1S/C18H25N5O3S/c1-13-12-14(5-6-16(13)26-2)27(24,25)23-10-3-4-15(23)18-21-20-17-7-8-19-9-11-22(17)18/h5-6,12,15,19H,3-4,7-11H2,1-2H3/t15-/m1/s1. The van der Waals surface area contributed by atoms with Gasteiger partial charge >= 0.3 is 0 Å². The number of nitrogens with one attached hydrogen (secondary N) is 1. The molecule has 0 amide bonds. The van der Waals surface area contributed by atoms with Gasteiger partial charge in [-0.25, -0.2) is 8.42 Å². The third-order valence-corrected chi connectivity index (χ3v) is 7.27. The van der Waals surface area contributed by atoms with Crippen molar-refractivity contribution >= 4 is 10.0 Å². The zero-order valence-electron chi connectivity index (χ0n) is 15.7. The van der Waals surface area contributed by atoms with Gasteiger partial charge < -0.3 is 14.6 Å². The molecule has 1 aromatic carbocycles. The van der Waals surface area contributed by atoms with Gasteiger partial charge in [-0.05, 0) is 43.5 Å². The summed E-state index contributed by atoms with van der Waals surface area (Å²) in [6.07, 6.45) is 2.39. The monoisotopic (exact) mass is 391 g/mol. The fraction of sp³-hybridized carbons (Fsp3) is 0.556. The summed E-state index contributed by atoms with van der Waals surface area (Å²) in [5, 5.41) is 12.1. The van der Waals surface area contributed by atoms with Gasteiger partial charge in [0.15, 0.2) is 5.82 Å². The van der Waals surface area contributed by atoms with Crippen LogP contribution in [0.25, 0.3) is 0 Å². The summed E-state index contributed by atoms with van der Waals surface area (Å²) in [5.74, 6) is 2.38. The van der Waals surface area contributed by atoms with E-state index in [0.717, 1.165) is 56.1 Å². The molecule has 2 aromatic rings. The first-order chi connectivity index (χ1) is 13.0. The molecule has 0 bridgehead atoms. The molecule has 1 saturated heterocycles. The van der Waals surface area contributed by atoms with Crippen LogP contribution in [0.4, 0.5) is 0 Å². The number of hydrogen-bond donors (Lipinski definition) is 1. The largest absolute Gasteiger partial charge is 0.496 e. The molecule has 0 unspecified atom stereocenters. The second kappa shape index (κ2) is 7.21. The summed E-state index contributed by atoms with van der Waals surface area (Å²) in [5.41, 5.74) is 0.803. The highest BCUT2D eigenvalue weighted by Gasteiger charge is 2.39. The number of methoxy groups -OCH3 is 1. The molecule has 27 heavy (non-hydrogen) atoms. The van der Waals surface area contributed by atoms with Crippen LogP contribution in [-0.4, -0.2) is 54.2 Å². The van der Waals surface area contributed by atoms with Crippen molar-refractivity contribution in [1.82, 2.24) is 24.4 Å². The molecule has 0 saturated carbocycles. The second-order valence-corrected chi connectivity index (χ2v) is 8.92. The first-order valence-electron chi connectivity index (χ1n) is 9.31. The van der Waals surface area contributed by atoms with Crippen molar-refractivity contribution in [1.29, 1.82) is 0 Å². The summed E-state index contributed by atoms with van der Waals surface area (Å²) < 4.78 is 35.6. The molecule has 8 nitrogen and oxygen atoms in total. The van der Waals surface area contributed by atoms with Crippen molar-refractivity contribution in [3.05, 3.63) is 35.4 Å². The Morgan fingerprint density at radius 1 is 1.22 bits per heavy atom. The molecule has 2 aliphatic heterocycles. The molecule has 4 rings (SSSR count). The molecule has 0 radical (unpaired) electrons. The number of sulfonamides is 1. The number of ether oxygens (including phenoxy) is 1. The SMILES string of the molecule is COc1ccc(S(=O)(=O)N2CCC[C@@H]2c2nnc3n2CCNCC3)cc1C. The number of fused-ring (bicyclic) bond motifs is 1. The molecule has 1 N–H and O–H groups in total. The van der Waals surface area contributed by atoms with Crippen molar-refractivity contribution in [3.63, 3.8) is 0 Å². The molecule has 2 aliphatic rings. The zero-order valence-corrected chi connectivity index (χ0v) is 16.5. The Morgan fingerprint density at radius 2 is 2.07 bits per heavy atom. The summed E-state index contributed by atoms with van der Waals surface area (Å²) in [6, 6.07) is 4.74. The van der Waals surface area contributed by atoms with Crippen LogP contribution in [0.2, 0.25) is 0 Å². The normalized spacial score (nSPS) is 21.0. The van der Waals surface area contributed by atoms with Crippen LogP contribution < -0.4 is 10.1 Å². The Kier molecular flexibility index (Phi) is 4.92. The van der Waals surface area contributed by atoms with E-state index in [0.29, 0.717) is 17.2 Å². The summed E-state index contributed by atoms with van der Waals surface area (Å²) >= 11 is 0. The van der Waals surface area contributed by atoms with Crippen molar-refractivity contribution in [3.8, 4) is 5.75 Å². The number of benzene rings is 1. The number of nitrogens with zero attached hydrogens (tertiary/aromatic N) is 4. The van der Waals surface area contributed by atoms with Crippen molar-refractivity contribution in [2.45, 2.75) is 43.7 Å². The second-order valence-electron chi connectivity index (χ2n) is 7.03. The fourth-order valence-corrected chi connectivity index (χ4v) is 5.71. The van der Waals surface area contributed by atoms with Crippen molar-refractivity contribution in [2.75, 3.05) is 26.7 Å². The molecule has 0 aliphatic carbocycles. The van der Waals surface area contributed by atoms with Crippen LogP contribution in [0.3, 0.4) is 0 Å². The first-order valence-corrected chi connectivity index (χ1v) is 10.8. The summed E-state index contributed by atoms with van der Waals surface area (Å²) in [4.78, 5) is 0.296. The maximum atomic E-state index is 13.3. The van der Waals surface area contributed by atoms with E-state index in [2.05, 4.69) is 20.1 Å². The highest BCUT2D eigenvalue weighted by molar-refractivity contribution is 7.89. The lowest BCUT2D eigenvalue weighted by Gasteiger charge is -2.24. The molecule has 0 spiro atoms. The highest BCUT2D eigenvalue weighted by Crippen LogP contribution is 2.37. The lowest BCUT2D eigenvalue weighted by Crippen LogP contribution is -2.32. The van der Waals surface area contributed by atoms with Gasteiger partial charge in [0.25, 0.3) is 0 Å². The minimum Gasteiger partial charge on any atom is -0.496 e. The van der Waals surface area contributed by atoms with Crippen molar-refractivity contribution in [2.24, 2.45) is 0 Å². The van der Waals surface area contributed by atoms with Crippen LogP contribution >= 0.6 is 0 Å². The fourth-order valence-electron chi connectivity index (χ4n) is 3.97. The van der Waals surface area contributed by atoms with Gasteiger partial charge in [0.1, 0.15) is 11.6 Å². The van der Waals surface area contributed by atoms with Gasteiger partial charge in [-0.2, -0.15) is 4.31 Å². The number of hydrogen-bond acceptors (Lipinski definition) is 6. The Balaban J connectivity index is 1.69. The quantitative estimate of drug-likeness (QED) is 0.844. The smallest absolute Gasteiger partial charge is 0.243 e. The molecule has 1 aromatic heterocycles. The van der Waals surface area contributed by atoms with E-state index < -0.39 is 10.0 Å². The Labute approximate surface area is 159 Å². The third-order valence-electron chi connectivity index (χ3n) is 5.37. The summed E-state index contributed by atoms with van der Waals surface area (Å²) in [7, 11) is -2.03. The molecular formula is C18H25N5O3S. The lowest BCUT2D eigenvalue weighted by atomic mass is 10.2. The van der Waals surface area contributed by atoms with E-state index >= 15 is 0 Å². The van der Waals surface area contributed by atoms with Gasteiger partial charge in [0.2, 0.25) is 10.0 Å². The number of aryl methyl sites for hydroxylation is 1. The predicted octanol–water partition coefficient (Wildman–Crippen LogP) is 1.27. The van der Waals surface area contributed by atoms with E-state index in [1.165, 1.54) is 0 Å². The Hall–Kier alpha value is -1.97. The highest BCUT2D eigenvalue weighted by atomic mass is 32.2. The topological polar surface area (TPSA) is 89.4 Å². The third kappa shape index (κ3) is 3.24.